The van der Waals surface area contributed by atoms with Gasteiger partial charge in [0.2, 0.25) is 0 Å². The average Bonchev–Trinajstić information content (AvgIpc) is 2.61. The Kier molecular flexibility index (Phi) is 3.78. The monoisotopic (exact) mass is 219 g/mol. The van der Waals surface area contributed by atoms with Crippen molar-refractivity contribution in [3.63, 3.8) is 0 Å². The maximum Gasteiger partial charge on any atom is 0.313 e. The van der Waals surface area contributed by atoms with Gasteiger partial charge in [0, 0.05) is 6.04 Å². The minimum Gasteiger partial charge on any atom is -0.469 e. The summed E-state index contributed by atoms with van der Waals surface area (Å²) >= 11 is 0. The molecule has 3 nitrogen and oxygen atoms in total. The maximum absolute atomic E-state index is 11.7. The summed E-state index contributed by atoms with van der Waals surface area (Å²) in [6.45, 7) is 0.972. The van der Waals surface area contributed by atoms with Gasteiger partial charge in [-0.3, -0.25) is 4.79 Å². The topological polar surface area (TPSA) is 38.3 Å². The Hall–Kier alpha value is -0.280. The molecule has 0 spiro atoms. The van der Waals surface area contributed by atoms with E-state index in [1.807, 2.05) is 0 Å². The van der Waals surface area contributed by atoms with Crippen molar-refractivity contribution in [3.05, 3.63) is 0 Å². The lowest BCUT2D eigenvalue weighted by Crippen LogP contribution is -2.45. The third-order valence-electron chi connectivity index (χ3n) is 3.59. The van der Waals surface area contributed by atoms with Crippen molar-refractivity contribution in [1.82, 2.24) is 5.32 Å². The predicted molar refractivity (Wildman–Crippen MR) is 56.6 cm³/mol. The quantitative estimate of drug-likeness (QED) is 0.680. The van der Waals surface area contributed by atoms with Gasteiger partial charge in [0.15, 0.2) is 0 Å². The Labute approximate surface area is 91.0 Å². The van der Waals surface area contributed by atoms with Gasteiger partial charge in [-0.1, -0.05) is 12.8 Å². The van der Waals surface area contributed by atoms with E-state index in [1.54, 1.807) is 0 Å². The normalized spacial score (nSPS) is 35.6. The number of halogens is 1. The minimum atomic E-state index is -0.174. The number of esters is 1. The van der Waals surface area contributed by atoms with Gasteiger partial charge in [0.1, 0.15) is 0 Å². The zero-order chi connectivity index (χ0) is 9.31. The molecule has 2 aliphatic rings. The summed E-state index contributed by atoms with van der Waals surface area (Å²) < 4.78 is 4.92. The SMILES string of the molecule is COC(=O)[C@@]12CCCC[C@@H]1NCC2.Cl. The summed E-state index contributed by atoms with van der Waals surface area (Å²) in [7, 11) is 1.50. The molecule has 14 heavy (non-hydrogen) atoms. The lowest BCUT2D eigenvalue weighted by Gasteiger charge is -2.36. The number of carbonyl (C=O) groups excluding carboxylic acids is 1. The second kappa shape index (κ2) is 4.49. The molecule has 0 aromatic rings. The third-order valence-corrected chi connectivity index (χ3v) is 3.59. The molecule has 0 bridgehead atoms. The van der Waals surface area contributed by atoms with Crippen LogP contribution in [0.2, 0.25) is 0 Å². The lowest BCUT2D eigenvalue weighted by atomic mass is 9.71. The number of fused-ring (bicyclic) bond motifs is 1. The average molecular weight is 220 g/mol. The molecular weight excluding hydrogens is 202 g/mol. The van der Waals surface area contributed by atoms with E-state index in [2.05, 4.69) is 5.32 Å². The first kappa shape index (κ1) is 11.8. The van der Waals surface area contributed by atoms with Crippen LogP contribution < -0.4 is 5.32 Å². The molecule has 1 saturated heterocycles. The molecule has 4 heteroatoms. The van der Waals surface area contributed by atoms with Crippen LogP contribution in [0, 0.1) is 5.41 Å². The highest BCUT2D eigenvalue weighted by Gasteiger charge is 2.50. The molecule has 2 atom stereocenters. The molecule has 1 saturated carbocycles. The van der Waals surface area contributed by atoms with E-state index in [1.165, 1.54) is 20.0 Å². The molecule has 2 fully saturated rings. The van der Waals surface area contributed by atoms with Crippen LogP contribution >= 0.6 is 12.4 Å². The molecule has 0 unspecified atom stereocenters. The van der Waals surface area contributed by atoms with Crippen LogP contribution in [0.25, 0.3) is 0 Å². The minimum absolute atomic E-state index is 0. The van der Waals surface area contributed by atoms with Crippen molar-refractivity contribution in [1.29, 1.82) is 0 Å². The maximum atomic E-state index is 11.7. The van der Waals surface area contributed by atoms with Gasteiger partial charge >= 0.3 is 5.97 Å². The van der Waals surface area contributed by atoms with Crippen molar-refractivity contribution in [2.75, 3.05) is 13.7 Å². The first-order chi connectivity index (χ1) is 6.29. The molecule has 0 aromatic carbocycles. The highest BCUT2D eigenvalue weighted by molar-refractivity contribution is 5.85. The fourth-order valence-corrected chi connectivity index (χ4v) is 2.86. The second-order valence-corrected chi connectivity index (χ2v) is 4.15. The van der Waals surface area contributed by atoms with Gasteiger partial charge in [-0.25, -0.2) is 0 Å². The second-order valence-electron chi connectivity index (χ2n) is 4.15. The summed E-state index contributed by atoms with van der Waals surface area (Å²) in [6.07, 6.45) is 5.53. The molecule has 82 valence electrons. The Morgan fingerprint density at radius 3 is 2.93 bits per heavy atom. The number of rotatable bonds is 1. The van der Waals surface area contributed by atoms with Gasteiger partial charge in [0.25, 0.3) is 0 Å². The fraction of sp³-hybridized carbons (Fsp3) is 0.900. The molecule has 0 aromatic heterocycles. The largest absolute Gasteiger partial charge is 0.469 e. The Balaban J connectivity index is 0.000000980. The van der Waals surface area contributed by atoms with Gasteiger partial charge in [-0.15, -0.1) is 12.4 Å². The van der Waals surface area contributed by atoms with E-state index in [-0.39, 0.29) is 23.8 Å². The first-order valence-electron chi connectivity index (χ1n) is 5.11. The number of ether oxygens (including phenoxy) is 1. The zero-order valence-electron chi connectivity index (χ0n) is 8.54. The van der Waals surface area contributed by atoms with Crippen molar-refractivity contribution < 1.29 is 9.53 Å². The fourth-order valence-electron chi connectivity index (χ4n) is 2.86. The van der Waals surface area contributed by atoms with E-state index < -0.39 is 0 Å². The van der Waals surface area contributed by atoms with Crippen LogP contribution in [-0.2, 0) is 9.53 Å². The Morgan fingerprint density at radius 1 is 1.43 bits per heavy atom. The number of hydrogen-bond donors (Lipinski definition) is 1. The van der Waals surface area contributed by atoms with Gasteiger partial charge in [-0.05, 0) is 25.8 Å². The molecular formula is C10H18ClNO2. The summed E-state index contributed by atoms with van der Waals surface area (Å²) in [6, 6.07) is 0.383. The highest BCUT2D eigenvalue weighted by atomic mass is 35.5. The summed E-state index contributed by atoms with van der Waals surface area (Å²) in [5, 5.41) is 3.41. The predicted octanol–water partition coefficient (Wildman–Crippen LogP) is 1.50. The molecule has 1 heterocycles. The molecule has 1 N–H and O–H groups in total. The smallest absolute Gasteiger partial charge is 0.313 e. The molecule has 0 amide bonds. The van der Waals surface area contributed by atoms with Crippen LogP contribution in [0.3, 0.4) is 0 Å². The van der Waals surface area contributed by atoms with E-state index in [9.17, 15) is 4.79 Å². The Bertz CT molecular complexity index is 222. The van der Waals surface area contributed by atoms with E-state index in [0.29, 0.717) is 6.04 Å². The van der Waals surface area contributed by atoms with Gasteiger partial charge in [0.05, 0.1) is 12.5 Å². The summed E-state index contributed by atoms with van der Waals surface area (Å²) in [4.78, 5) is 11.7. The first-order valence-corrected chi connectivity index (χ1v) is 5.11. The highest BCUT2D eigenvalue weighted by Crippen LogP contribution is 2.43. The van der Waals surface area contributed by atoms with E-state index in [4.69, 9.17) is 4.74 Å². The van der Waals surface area contributed by atoms with Crippen LogP contribution in [0.1, 0.15) is 32.1 Å². The van der Waals surface area contributed by atoms with E-state index in [0.717, 1.165) is 25.8 Å². The summed E-state index contributed by atoms with van der Waals surface area (Å²) in [5.41, 5.74) is -0.174. The van der Waals surface area contributed by atoms with Crippen molar-refractivity contribution in [3.8, 4) is 0 Å². The molecule has 2 rings (SSSR count). The van der Waals surface area contributed by atoms with Crippen LogP contribution in [0.4, 0.5) is 0 Å². The van der Waals surface area contributed by atoms with E-state index >= 15 is 0 Å². The van der Waals surface area contributed by atoms with Crippen molar-refractivity contribution in [2.45, 2.75) is 38.1 Å². The molecule has 1 aliphatic carbocycles. The standard InChI is InChI=1S/C10H17NO2.ClH/c1-13-9(12)10-5-3-2-4-8(10)11-7-6-10;/h8,11H,2-7H2,1H3;1H/t8-,10+;/m0./s1. The van der Waals surface area contributed by atoms with Crippen LogP contribution in [0.5, 0.6) is 0 Å². The van der Waals surface area contributed by atoms with Gasteiger partial charge < -0.3 is 10.1 Å². The van der Waals surface area contributed by atoms with Crippen molar-refractivity contribution >= 4 is 18.4 Å². The van der Waals surface area contributed by atoms with Crippen LogP contribution in [0.15, 0.2) is 0 Å². The molecule has 0 radical (unpaired) electrons. The van der Waals surface area contributed by atoms with Crippen LogP contribution in [-0.4, -0.2) is 25.7 Å². The van der Waals surface area contributed by atoms with Crippen molar-refractivity contribution in [2.24, 2.45) is 5.41 Å². The number of hydrogen-bond acceptors (Lipinski definition) is 3. The van der Waals surface area contributed by atoms with Gasteiger partial charge in [-0.2, -0.15) is 0 Å². The number of nitrogens with one attached hydrogen (secondary N) is 1. The zero-order valence-corrected chi connectivity index (χ0v) is 9.36. The molecule has 1 aliphatic heterocycles. The Morgan fingerprint density at radius 2 is 2.21 bits per heavy atom. The number of carbonyl (C=O) groups is 1. The number of methoxy groups -OCH3 is 1. The summed E-state index contributed by atoms with van der Waals surface area (Å²) in [5.74, 6) is 0.00204. The lowest BCUT2D eigenvalue weighted by molar-refractivity contribution is -0.155. The third kappa shape index (κ3) is 1.63.